The third-order valence-corrected chi connectivity index (χ3v) is 2.38. The molecule has 72 valence electrons. The predicted octanol–water partition coefficient (Wildman–Crippen LogP) is 3.84. The van der Waals surface area contributed by atoms with Crippen LogP contribution in [0.15, 0.2) is 4.99 Å². The van der Waals surface area contributed by atoms with Gasteiger partial charge in [0.2, 0.25) is 0 Å². The molecular weight excluding hydrogens is 237 g/mol. The summed E-state index contributed by atoms with van der Waals surface area (Å²) in [5.41, 5.74) is 0.207. The maximum absolute atomic E-state index is 5.97. The van der Waals surface area contributed by atoms with Crippen LogP contribution in [0.5, 0.6) is 0 Å². The molecule has 0 bridgehead atoms. The zero-order valence-corrected chi connectivity index (χ0v) is 10.8. The molecule has 1 nitrogen and oxygen atoms in total. The molecule has 0 aliphatic rings. The van der Waals surface area contributed by atoms with Crippen LogP contribution in [0.25, 0.3) is 0 Å². The molecule has 0 aromatic carbocycles. The highest BCUT2D eigenvalue weighted by molar-refractivity contribution is 9.10. The Hall–Kier alpha value is 0.440. The molecule has 0 saturated carbocycles. The van der Waals surface area contributed by atoms with E-state index in [1.165, 1.54) is 0 Å². The normalized spacial score (nSPS) is 15.1. The summed E-state index contributed by atoms with van der Waals surface area (Å²) in [6, 6.07) is 0. The molecule has 0 fully saturated rings. The Morgan fingerprint density at radius 2 is 1.67 bits per heavy atom. The van der Waals surface area contributed by atoms with E-state index in [9.17, 15) is 0 Å². The van der Waals surface area contributed by atoms with Crippen LogP contribution in [-0.4, -0.2) is 16.0 Å². The smallest absolute Gasteiger partial charge is 0.116 e. The topological polar surface area (TPSA) is 12.4 Å². The second-order valence-electron chi connectivity index (χ2n) is 4.64. The van der Waals surface area contributed by atoms with E-state index in [4.69, 9.17) is 11.6 Å². The summed E-state index contributed by atoms with van der Waals surface area (Å²) in [5, 5.41) is 0.637. The van der Waals surface area contributed by atoms with Crippen molar-refractivity contribution in [2.75, 3.05) is 6.54 Å². The van der Waals surface area contributed by atoms with Crippen molar-refractivity contribution in [1.29, 1.82) is 0 Å². The highest BCUT2D eigenvalue weighted by Gasteiger charge is 2.19. The average Bonchev–Trinajstić information content (AvgIpc) is 1.78. The molecule has 0 heterocycles. The summed E-state index contributed by atoms with van der Waals surface area (Å²) >= 11 is 9.42. The van der Waals surface area contributed by atoms with Crippen molar-refractivity contribution < 1.29 is 0 Å². The first-order chi connectivity index (χ1) is 5.13. The van der Waals surface area contributed by atoms with Crippen molar-refractivity contribution >= 4 is 32.7 Å². The van der Waals surface area contributed by atoms with E-state index in [0.717, 1.165) is 6.54 Å². The maximum atomic E-state index is 5.97. The van der Waals surface area contributed by atoms with Crippen LogP contribution in [0.4, 0.5) is 0 Å². The molecule has 3 heteroatoms. The van der Waals surface area contributed by atoms with E-state index in [-0.39, 0.29) is 9.74 Å². The zero-order valence-electron chi connectivity index (χ0n) is 8.41. The van der Waals surface area contributed by atoms with Crippen LogP contribution in [0.1, 0.15) is 34.6 Å². The van der Waals surface area contributed by atoms with Crippen LogP contribution in [-0.2, 0) is 0 Å². The van der Waals surface area contributed by atoms with Crippen molar-refractivity contribution in [3.63, 3.8) is 0 Å². The summed E-state index contributed by atoms with van der Waals surface area (Å²) in [5.74, 6) is 0. The monoisotopic (exact) mass is 253 g/mol. The van der Waals surface area contributed by atoms with Gasteiger partial charge in [0.15, 0.2) is 0 Å². The number of nitrogens with zero attached hydrogens (tertiary/aromatic N) is 1. The minimum atomic E-state index is -0.195. The number of alkyl halides is 1. The molecule has 0 rings (SSSR count). The number of hydrogen-bond acceptors (Lipinski definition) is 1. The molecule has 0 saturated heterocycles. The number of rotatable bonds is 2. The van der Waals surface area contributed by atoms with Gasteiger partial charge >= 0.3 is 0 Å². The van der Waals surface area contributed by atoms with Crippen molar-refractivity contribution in [3.8, 4) is 0 Å². The largest absolute Gasteiger partial charge is 0.276 e. The fourth-order valence-corrected chi connectivity index (χ4v) is 0.680. The lowest BCUT2D eigenvalue weighted by atomic mass is 9.97. The number of aliphatic imine (C=N–C) groups is 1. The van der Waals surface area contributed by atoms with Crippen LogP contribution < -0.4 is 0 Å². The molecule has 0 spiro atoms. The molecule has 0 aromatic rings. The van der Waals surface area contributed by atoms with Gasteiger partial charge in [-0.25, -0.2) is 0 Å². The quantitative estimate of drug-likeness (QED) is 0.524. The number of halogens is 2. The lowest BCUT2D eigenvalue weighted by Crippen LogP contribution is -2.21. The van der Waals surface area contributed by atoms with Gasteiger partial charge in [-0.3, -0.25) is 4.99 Å². The van der Waals surface area contributed by atoms with E-state index < -0.39 is 0 Å². The van der Waals surface area contributed by atoms with Crippen molar-refractivity contribution in [1.82, 2.24) is 0 Å². The first-order valence-corrected chi connectivity index (χ1v) is 5.19. The molecule has 0 aliphatic carbocycles. The summed E-state index contributed by atoms with van der Waals surface area (Å²) in [7, 11) is 0. The van der Waals surface area contributed by atoms with E-state index in [0.29, 0.717) is 5.17 Å². The van der Waals surface area contributed by atoms with Gasteiger partial charge in [0.1, 0.15) is 5.17 Å². The minimum Gasteiger partial charge on any atom is -0.276 e. The molecular formula is C9H17BrClN. The summed E-state index contributed by atoms with van der Waals surface area (Å²) in [6.45, 7) is 11.2. The van der Waals surface area contributed by atoms with Crippen molar-refractivity contribution in [2.24, 2.45) is 10.4 Å². The van der Waals surface area contributed by atoms with Gasteiger partial charge in [-0.2, -0.15) is 0 Å². The Bertz CT molecular complexity index is 174. The Morgan fingerprint density at radius 1 is 1.25 bits per heavy atom. The summed E-state index contributed by atoms with van der Waals surface area (Å²) < 4.78 is -0.195. The molecule has 0 aromatic heterocycles. The van der Waals surface area contributed by atoms with E-state index in [1.807, 2.05) is 13.8 Å². The molecule has 0 radical (unpaired) electrons. The maximum Gasteiger partial charge on any atom is 0.116 e. The van der Waals surface area contributed by atoms with Gasteiger partial charge in [-0.15, -0.1) is 0 Å². The van der Waals surface area contributed by atoms with Gasteiger partial charge in [-0.05, 0) is 19.3 Å². The number of hydrogen-bond donors (Lipinski definition) is 0. The molecule has 0 N–H and O–H groups in total. The predicted molar refractivity (Wildman–Crippen MR) is 60.6 cm³/mol. The molecule has 0 aliphatic heterocycles. The van der Waals surface area contributed by atoms with E-state index >= 15 is 0 Å². The molecule has 0 unspecified atom stereocenters. The summed E-state index contributed by atoms with van der Waals surface area (Å²) in [6.07, 6.45) is 0. The van der Waals surface area contributed by atoms with Crippen LogP contribution >= 0.6 is 27.5 Å². The molecule has 0 atom stereocenters. The lowest BCUT2D eigenvalue weighted by Gasteiger charge is -2.18. The average molecular weight is 255 g/mol. The Kier molecular flexibility index (Phi) is 4.25. The first kappa shape index (κ1) is 12.4. The standard InChI is InChI=1S/C9H17BrClN/c1-8(2,3)6-12-7(11)9(4,5)10/h6H2,1-5H3. The van der Waals surface area contributed by atoms with Gasteiger partial charge in [0, 0.05) is 6.54 Å². The van der Waals surface area contributed by atoms with Gasteiger partial charge in [0.05, 0.1) is 4.32 Å². The Labute approximate surface area is 88.7 Å². The SMILES string of the molecule is CC(C)(C)CN=C(Cl)C(C)(C)Br. The Morgan fingerprint density at radius 3 is 1.92 bits per heavy atom. The van der Waals surface area contributed by atoms with E-state index in [1.54, 1.807) is 0 Å². The fraction of sp³-hybridized carbons (Fsp3) is 0.889. The Balaban J connectivity index is 4.21. The lowest BCUT2D eigenvalue weighted by molar-refractivity contribution is 0.429. The van der Waals surface area contributed by atoms with Crippen molar-refractivity contribution in [2.45, 2.75) is 38.9 Å². The summed E-state index contributed by atoms with van der Waals surface area (Å²) in [4.78, 5) is 4.30. The van der Waals surface area contributed by atoms with Gasteiger partial charge in [-0.1, -0.05) is 48.3 Å². The van der Waals surface area contributed by atoms with Gasteiger partial charge in [0.25, 0.3) is 0 Å². The fourth-order valence-electron chi connectivity index (χ4n) is 0.495. The highest BCUT2D eigenvalue weighted by Crippen LogP contribution is 2.22. The van der Waals surface area contributed by atoms with E-state index in [2.05, 4.69) is 41.7 Å². The third kappa shape index (κ3) is 6.01. The van der Waals surface area contributed by atoms with Gasteiger partial charge < -0.3 is 0 Å². The second-order valence-corrected chi connectivity index (χ2v) is 6.98. The first-order valence-electron chi connectivity index (χ1n) is 4.02. The minimum absolute atomic E-state index is 0.195. The van der Waals surface area contributed by atoms with Crippen LogP contribution in [0.2, 0.25) is 0 Å². The molecule has 12 heavy (non-hydrogen) atoms. The zero-order chi connectivity index (χ0) is 9.99. The van der Waals surface area contributed by atoms with Crippen molar-refractivity contribution in [3.05, 3.63) is 0 Å². The third-order valence-electron chi connectivity index (χ3n) is 1.18. The van der Waals surface area contributed by atoms with Crippen LogP contribution in [0, 0.1) is 5.41 Å². The second kappa shape index (κ2) is 4.10. The molecule has 0 amide bonds. The van der Waals surface area contributed by atoms with Crippen LogP contribution in [0.3, 0.4) is 0 Å². The highest BCUT2D eigenvalue weighted by atomic mass is 79.9.